The van der Waals surface area contributed by atoms with Gasteiger partial charge in [0.05, 0.1) is 0 Å². The van der Waals surface area contributed by atoms with Gasteiger partial charge < -0.3 is 0 Å². The van der Waals surface area contributed by atoms with Crippen LogP contribution in [0.25, 0.3) is 0 Å². The van der Waals surface area contributed by atoms with Gasteiger partial charge in [0.2, 0.25) is 0 Å². The lowest BCUT2D eigenvalue weighted by Crippen LogP contribution is -2.03. The average Bonchev–Trinajstić information content (AvgIpc) is 2.46. The molecule has 0 aromatic heterocycles. The molecule has 0 spiro atoms. The normalized spacial score (nSPS) is 17.6. The van der Waals surface area contributed by atoms with Crippen LogP contribution in [0.5, 0.6) is 0 Å². The van der Waals surface area contributed by atoms with Crippen LogP contribution < -0.4 is 0 Å². The summed E-state index contributed by atoms with van der Waals surface area (Å²) < 4.78 is 0. The molecule has 1 aliphatic rings. The summed E-state index contributed by atoms with van der Waals surface area (Å²) >= 11 is 0. The fourth-order valence-corrected chi connectivity index (χ4v) is 3.93. The predicted octanol–water partition coefficient (Wildman–Crippen LogP) is 8.05. The zero-order valence-electron chi connectivity index (χ0n) is 15.0. The highest BCUT2D eigenvalue weighted by molar-refractivity contribution is 4.64. The smallest absolute Gasteiger partial charge is 0.0414 e. The molecule has 0 heteroatoms. The number of hydrogen-bond donors (Lipinski definition) is 0. The minimum absolute atomic E-state index is 1.09. The van der Waals surface area contributed by atoms with Crippen LogP contribution in [-0.2, 0) is 0 Å². The van der Waals surface area contributed by atoms with E-state index in [9.17, 15) is 0 Å². The van der Waals surface area contributed by atoms with Gasteiger partial charge in [-0.15, -0.1) is 0 Å². The Bertz CT molecular complexity index is 188. The lowest BCUT2D eigenvalue weighted by molar-refractivity contribution is 0.346. The van der Waals surface area contributed by atoms with Crippen LogP contribution in [0.3, 0.4) is 0 Å². The van der Waals surface area contributed by atoms with Crippen LogP contribution >= 0.6 is 0 Å². The van der Waals surface area contributed by atoms with Crippen molar-refractivity contribution >= 4 is 0 Å². The van der Waals surface area contributed by atoms with E-state index in [1.807, 2.05) is 0 Å². The Morgan fingerprint density at radius 2 is 0.952 bits per heavy atom. The molecule has 1 fully saturated rings. The molecule has 0 nitrogen and oxygen atoms in total. The summed E-state index contributed by atoms with van der Waals surface area (Å²) in [5.74, 6) is 1.09. The highest BCUT2D eigenvalue weighted by Crippen LogP contribution is 2.26. The summed E-state index contributed by atoms with van der Waals surface area (Å²) in [6.07, 6.45) is 28.4. The van der Waals surface area contributed by atoms with E-state index in [1.165, 1.54) is 122 Å². The first kappa shape index (κ1) is 19.0. The Morgan fingerprint density at radius 1 is 0.524 bits per heavy atom. The van der Waals surface area contributed by atoms with E-state index in [2.05, 4.69) is 6.92 Å². The van der Waals surface area contributed by atoms with Crippen LogP contribution in [0.4, 0.5) is 0 Å². The maximum atomic E-state index is 2.30. The molecule has 0 amide bonds. The maximum Gasteiger partial charge on any atom is -0.0414 e. The van der Waals surface area contributed by atoms with Gasteiger partial charge in [-0.05, 0) is 5.92 Å². The third kappa shape index (κ3) is 12.2. The number of unbranched alkanes of at least 4 members (excludes halogenated alkanes) is 10. The lowest BCUT2D eigenvalue weighted by atomic mass is 9.87. The fourth-order valence-electron chi connectivity index (χ4n) is 3.93. The van der Waals surface area contributed by atoms with E-state index in [4.69, 9.17) is 0 Å². The van der Waals surface area contributed by atoms with Crippen molar-refractivity contribution < 1.29 is 0 Å². The molecule has 0 unspecified atom stereocenters. The van der Waals surface area contributed by atoms with Crippen molar-refractivity contribution in [1.82, 2.24) is 0 Å². The van der Waals surface area contributed by atoms with Gasteiger partial charge in [0.1, 0.15) is 0 Å². The molecule has 0 aromatic carbocycles. The molecule has 0 radical (unpaired) electrons. The van der Waals surface area contributed by atoms with Gasteiger partial charge in [-0.2, -0.15) is 0 Å². The monoisotopic (exact) mass is 294 g/mol. The van der Waals surface area contributed by atoms with Gasteiger partial charge in [-0.25, -0.2) is 0 Å². The zero-order valence-corrected chi connectivity index (χ0v) is 15.0. The molecular formula is C21H42. The van der Waals surface area contributed by atoms with Crippen molar-refractivity contribution in [3.63, 3.8) is 0 Å². The lowest BCUT2D eigenvalue weighted by Gasteiger charge is -2.19. The molecule has 0 aliphatic heterocycles. The molecule has 1 rings (SSSR count). The minimum Gasteiger partial charge on any atom is -0.0654 e. The molecule has 0 N–H and O–H groups in total. The van der Waals surface area contributed by atoms with Gasteiger partial charge in [0.15, 0.2) is 0 Å². The molecule has 1 aliphatic carbocycles. The van der Waals surface area contributed by atoms with Crippen LogP contribution in [0.15, 0.2) is 0 Å². The Labute approximate surface area is 135 Å². The molecular weight excluding hydrogens is 252 g/mol. The number of hydrogen-bond acceptors (Lipinski definition) is 0. The van der Waals surface area contributed by atoms with Crippen molar-refractivity contribution in [1.29, 1.82) is 0 Å². The summed E-state index contributed by atoms with van der Waals surface area (Å²) in [5, 5.41) is 0. The minimum atomic E-state index is 1.09. The molecule has 0 heterocycles. The summed E-state index contributed by atoms with van der Waals surface area (Å²) in [5.41, 5.74) is 0. The highest BCUT2D eigenvalue weighted by Gasteiger charge is 2.10. The second kappa shape index (κ2) is 14.9. The predicted molar refractivity (Wildman–Crippen MR) is 96.9 cm³/mol. The second-order valence-electron chi connectivity index (χ2n) is 7.54. The Morgan fingerprint density at radius 3 is 1.48 bits per heavy atom. The van der Waals surface area contributed by atoms with E-state index in [0.717, 1.165) is 5.92 Å². The standard InChI is InChI=1S/C21H42/c1-2-3-4-5-6-7-8-9-10-12-15-18-21-19-16-13-11-14-17-20-21/h21H,2-20H2,1H3. The first-order chi connectivity index (χ1) is 10.4. The molecule has 0 saturated heterocycles. The first-order valence-electron chi connectivity index (χ1n) is 10.4. The van der Waals surface area contributed by atoms with Crippen LogP contribution in [0.2, 0.25) is 0 Å². The van der Waals surface area contributed by atoms with Gasteiger partial charge in [-0.1, -0.05) is 129 Å². The molecule has 0 atom stereocenters. The molecule has 0 bridgehead atoms. The fraction of sp³-hybridized carbons (Fsp3) is 1.00. The third-order valence-electron chi connectivity index (χ3n) is 5.44. The second-order valence-corrected chi connectivity index (χ2v) is 7.54. The molecule has 21 heavy (non-hydrogen) atoms. The van der Waals surface area contributed by atoms with E-state index >= 15 is 0 Å². The van der Waals surface area contributed by atoms with E-state index in [-0.39, 0.29) is 0 Å². The van der Waals surface area contributed by atoms with Crippen molar-refractivity contribution in [2.45, 2.75) is 129 Å². The van der Waals surface area contributed by atoms with Crippen molar-refractivity contribution in [3.8, 4) is 0 Å². The largest absolute Gasteiger partial charge is 0.0654 e. The SMILES string of the molecule is CCCCCCCCCCCCCC1CCCCCCC1. The van der Waals surface area contributed by atoms with Crippen LogP contribution in [0.1, 0.15) is 129 Å². The summed E-state index contributed by atoms with van der Waals surface area (Å²) in [4.78, 5) is 0. The van der Waals surface area contributed by atoms with Crippen LogP contribution in [0, 0.1) is 5.92 Å². The Hall–Kier alpha value is 0. The quantitative estimate of drug-likeness (QED) is 0.319. The number of rotatable bonds is 12. The summed E-state index contributed by atoms with van der Waals surface area (Å²) in [6.45, 7) is 2.30. The van der Waals surface area contributed by atoms with Gasteiger partial charge in [-0.3, -0.25) is 0 Å². The maximum absolute atomic E-state index is 2.30. The van der Waals surface area contributed by atoms with Crippen molar-refractivity contribution in [2.24, 2.45) is 5.92 Å². The molecule has 1 saturated carbocycles. The highest BCUT2D eigenvalue weighted by atomic mass is 14.2. The van der Waals surface area contributed by atoms with Crippen molar-refractivity contribution in [2.75, 3.05) is 0 Å². The Kier molecular flexibility index (Phi) is 13.5. The first-order valence-corrected chi connectivity index (χ1v) is 10.4. The molecule has 126 valence electrons. The van der Waals surface area contributed by atoms with Gasteiger partial charge in [0.25, 0.3) is 0 Å². The van der Waals surface area contributed by atoms with Crippen molar-refractivity contribution in [3.05, 3.63) is 0 Å². The third-order valence-corrected chi connectivity index (χ3v) is 5.44. The topological polar surface area (TPSA) is 0 Å². The van der Waals surface area contributed by atoms with Gasteiger partial charge in [0, 0.05) is 0 Å². The molecule has 0 aromatic rings. The summed E-state index contributed by atoms with van der Waals surface area (Å²) in [6, 6.07) is 0. The zero-order chi connectivity index (χ0) is 15.0. The van der Waals surface area contributed by atoms with Crippen LogP contribution in [-0.4, -0.2) is 0 Å². The average molecular weight is 295 g/mol. The Balaban J connectivity index is 1.79. The van der Waals surface area contributed by atoms with E-state index in [0.29, 0.717) is 0 Å². The van der Waals surface area contributed by atoms with E-state index in [1.54, 1.807) is 0 Å². The summed E-state index contributed by atoms with van der Waals surface area (Å²) in [7, 11) is 0. The van der Waals surface area contributed by atoms with Gasteiger partial charge >= 0.3 is 0 Å². The van der Waals surface area contributed by atoms with E-state index < -0.39 is 0 Å².